The van der Waals surface area contributed by atoms with Gasteiger partial charge in [0.15, 0.2) is 39.6 Å². The molecule has 2 heterocycles. The SMILES string of the molecule is C=CCOC(=O)N[C@H](C(=O)N[C@@H](C)C(=O)Nc1ccc(COC(=O)Nc2cc(OCCCOc3cc(NC(=O)OCc4ccc(NC(=O)[C@H](C)NC(=O)[C@@H](NC(=O)CCOCCOC)C(C)C)cc4)c(C(=O)N4CC(=C)C[C@H]4CO[Si](C)(C)C(C)(C)C)cc3OC)c(OC)cc2C(=O)N2CC(=C)C[C@H]2CO[Si](C)(C)C(C)(C)C)cc1)C(C)C. The summed E-state index contributed by atoms with van der Waals surface area (Å²) in [5, 5.41) is 21.4. The Hall–Kier alpha value is -10.3. The highest BCUT2D eigenvalue weighted by Gasteiger charge is 2.43. The lowest BCUT2D eigenvalue weighted by atomic mass is 10.0. The Labute approximate surface area is 696 Å². The van der Waals surface area contributed by atoms with Crippen LogP contribution in [-0.2, 0) is 69.7 Å². The lowest BCUT2D eigenvalue weighted by Crippen LogP contribution is -2.53. The van der Waals surface area contributed by atoms with Gasteiger partial charge in [0.05, 0.1) is 95.1 Å². The molecule has 0 aliphatic carbocycles. The van der Waals surface area contributed by atoms with Gasteiger partial charge in [0.2, 0.25) is 29.5 Å². The summed E-state index contributed by atoms with van der Waals surface area (Å²) < 4.78 is 64.5. The van der Waals surface area contributed by atoms with Crippen LogP contribution in [0.2, 0.25) is 36.3 Å². The maximum absolute atomic E-state index is 15.0. The Kier molecular flexibility index (Phi) is 36.4. The predicted molar refractivity (Wildman–Crippen MR) is 455 cm³/mol. The maximum Gasteiger partial charge on any atom is 0.411 e. The Morgan fingerprint density at radius 2 is 0.907 bits per heavy atom. The summed E-state index contributed by atoms with van der Waals surface area (Å²) in [6.45, 7) is 44.6. The van der Waals surface area contributed by atoms with E-state index < -0.39 is 94.5 Å². The minimum Gasteiger partial charge on any atom is -0.493 e. The number of anilines is 4. The van der Waals surface area contributed by atoms with E-state index in [0.717, 1.165) is 11.1 Å². The van der Waals surface area contributed by atoms with E-state index in [4.69, 9.17) is 51.5 Å². The third kappa shape index (κ3) is 28.8. The first-order valence-electron chi connectivity index (χ1n) is 39.6. The average molecular weight is 1680 g/mol. The first-order valence-corrected chi connectivity index (χ1v) is 45.4. The number of rotatable bonds is 42. The Balaban J connectivity index is 1.19. The van der Waals surface area contributed by atoms with Crippen LogP contribution < -0.4 is 61.5 Å². The number of amides is 10. The Bertz CT molecular complexity index is 4150. The molecule has 6 rings (SSSR count). The fourth-order valence-corrected chi connectivity index (χ4v) is 13.8. The molecule has 0 aromatic heterocycles. The number of hydrogen-bond donors (Lipinski definition) is 8. The van der Waals surface area contributed by atoms with Crippen LogP contribution in [0, 0.1) is 11.8 Å². The molecule has 0 bridgehead atoms. The van der Waals surface area contributed by atoms with E-state index in [-0.39, 0.29) is 164 Å². The van der Waals surface area contributed by atoms with Crippen molar-refractivity contribution in [2.75, 3.05) is 109 Å². The number of carbonyl (C=O) groups is 10. The van der Waals surface area contributed by atoms with E-state index in [1.807, 2.05) is 0 Å². The molecule has 2 aliphatic rings. The molecule has 33 heteroatoms. The normalized spacial score (nSPS) is 15.4. The highest BCUT2D eigenvalue weighted by atomic mass is 28.4. The first-order chi connectivity index (χ1) is 55.5. The number of hydrogen-bond acceptors (Lipinski definition) is 21. The summed E-state index contributed by atoms with van der Waals surface area (Å²) in [5.74, 6) is -3.51. The summed E-state index contributed by atoms with van der Waals surface area (Å²) in [5.41, 5.74) is 3.64. The van der Waals surface area contributed by atoms with Gasteiger partial charge in [-0.25, -0.2) is 14.4 Å². The van der Waals surface area contributed by atoms with Gasteiger partial charge in [-0.05, 0) is 122 Å². The largest absolute Gasteiger partial charge is 0.493 e. The van der Waals surface area contributed by atoms with Crippen molar-refractivity contribution >= 4 is 99.0 Å². The topological polar surface area (TPSA) is 375 Å². The molecule has 4 aromatic carbocycles. The molecule has 0 unspecified atom stereocenters. The van der Waals surface area contributed by atoms with Crippen molar-refractivity contribution in [1.82, 2.24) is 31.1 Å². The number of likely N-dealkylation sites (tertiary alicyclic amines) is 2. The van der Waals surface area contributed by atoms with Crippen molar-refractivity contribution in [2.24, 2.45) is 11.8 Å². The van der Waals surface area contributed by atoms with Gasteiger partial charge < -0.3 is 93.2 Å². The monoisotopic (exact) mass is 1680 g/mol. The second-order valence-corrected chi connectivity index (χ2v) is 42.6. The van der Waals surface area contributed by atoms with Gasteiger partial charge in [-0.15, -0.1) is 0 Å². The Morgan fingerprint density at radius 3 is 1.28 bits per heavy atom. The van der Waals surface area contributed by atoms with Crippen molar-refractivity contribution in [3.8, 4) is 23.0 Å². The molecule has 4 aromatic rings. The summed E-state index contributed by atoms with van der Waals surface area (Å²) in [6.07, 6.45) is -0.0465. The van der Waals surface area contributed by atoms with E-state index in [9.17, 15) is 38.4 Å². The van der Waals surface area contributed by atoms with Gasteiger partial charge in [-0.2, -0.15) is 0 Å². The van der Waals surface area contributed by atoms with Crippen LogP contribution in [0.1, 0.15) is 141 Å². The average Bonchev–Trinajstić information content (AvgIpc) is 1.06. The molecule has 2 aliphatic heterocycles. The summed E-state index contributed by atoms with van der Waals surface area (Å²) in [4.78, 5) is 139. The molecule has 2 saturated heterocycles. The van der Waals surface area contributed by atoms with Gasteiger partial charge in [-0.3, -0.25) is 44.2 Å². The van der Waals surface area contributed by atoms with Crippen LogP contribution in [0.5, 0.6) is 23.0 Å². The number of nitrogens with one attached hydrogen (secondary N) is 8. The molecule has 2 fully saturated rings. The molecule has 0 radical (unpaired) electrons. The second kappa shape index (κ2) is 44.5. The van der Waals surface area contributed by atoms with Crippen molar-refractivity contribution in [2.45, 2.75) is 194 Å². The zero-order valence-electron chi connectivity index (χ0n) is 72.0. The van der Waals surface area contributed by atoms with Crippen molar-refractivity contribution in [3.63, 3.8) is 0 Å². The molecule has 648 valence electrons. The van der Waals surface area contributed by atoms with Crippen LogP contribution in [-0.4, -0.2) is 210 Å². The number of methoxy groups -OCH3 is 3. The van der Waals surface area contributed by atoms with E-state index in [1.54, 1.807) is 93.1 Å². The van der Waals surface area contributed by atoms with Crippen LogP contribution in [0.3, 0.4) is 0 Å². The standard InChI is InChI=1S/C85H124N10O21Si2/c1-23-34-112-83(105)93-74(53(4)5)78(100)87-57(9)76(98)89-61-31-27-59(28-32-61)49-114-82(104)91-67-45-71(69(108-18)43-65(67)80(102)95-47-55(7)41-63(95)51-116-118(21,22)85(13,14)15)111-36-24-35-110-70-44-66(64(42-68(70)107-17)79(101)94-46-54(6)40-62(94)50-115-117(19,20)84(10,11)12)90-81(103)113-48-58-25-29-60(30-26-58)88-75(97)56(8)86-77(99)73(52(2)3)92-72(96)33-37-109-39-38-106-16/h23,25-32,42-45,52-53,56-57,62-63,73-74H,1,6-7,24,33-41,46-51H2,2-5,8-22H3,(H,86,99)(H,87,100)(H,88,97)(H,89,98)(H,90,103)(H,91,104)(H,92,96)(H,93,105)/t56-,57-,62-,63-,73-,74-/m0/s1. The molecule has 8 N–H and O–H groups in total. The van der Waals surface area contributed by atoms with Crippen LogP contribution in [0.4, 0.5) is 37.1 Å². The molecular weight excluding hydrogens is 1550 g/mol. The fourth-order valence-electron chi connectivity index (χ4n) is 11.8. The third-order valence-electron chi connectivity index (χ3n) is 20.9. The number of carbonyl (C=O) groups excluding carboxylic acids is 10. The van der Waals surface area contributed by atoms with Crippen LogP contribution in [0.25, 0.3) is 0 Å². The lowest BCUT2D eigenvalue weighted by molar-refractivity contribution is -0.132. The molecule has 31 nitrogen and oxygen atoms in total. The highest BCUT2D eigenvalue weighted by molar-refractivity contribution is 6.74. The van der Waals surface area contributed by atoms with Crippen molar-refractivity contribution in [1.29, 1.82) is 0 Å². The molecule has 0 spiro atoms. The minimum atomic E-state index is -2.28. The summed E-state index contributed by atoms with van der Waals surface area (Å²) >= 11 is 0. The molecule has 10 amide bonds. The highest BCUT2D eigenvalue weighted by Crippen LogP contribution is 2.42. The van der Waals surface area contributed by atoms with E-state index >= 15 is 9.59 Å². The van der Waals surface area contributed by atoms with E-state index in [1.165, 1.54) is 58.4 Å². The summed E-state index contributed by atoms with van der Waals surface area (Å²) in [6, 6.07) is 14.2. The van der Waals surface area contributed by atoms with Crippen LogP contribution in [0.15, 0.2) is 110 Å². The number of alkyl carbamates (subject to hydrolysis) is 1. The lowest BCUT2D eigenvalue weighted by Gasteiger charge is -2.38. The van der Waals surface area contributed by atoms with Gasteiger partial charge in [-0.1, -0.05) is 130 Å². The number of benzene rings is 4. The van der Waals surface area contributed by atoms with Crippen molar-refractivity contribution in [3.05, 3.63) is 132 Å². The molecular formula is C85H124N10O21Si2. The van der Waals surface area contributed by atoms with Gasteiger partial charge >= 0.3 is 18.3 Å². The molecule has 0 saturated carbocycles. The van der Waals surface area contributed by atoms with E-state index in [0.29, 0.717) is 48.6 Å². The second-order valence-electron chi connectivity index (χ2n) is 33.0. The number of ether oxygens (including phenoxy) is 9. The van der Waals surface area contributed by atoms with Crippen molar-refractivity contribution < 1.29 is 99.4 Å². The molecule has 118 heavy (non-hydrogen) atoms. The number of nitrogens with zero attached hydrogens (tertiary/aromatic N) is 2. The van der Waals surface area contributed by atoms with Gasteiger partial charge in [0, 0.05) is 56.5 Å². The smallest absolute Gasteiger partial charge is 0.411 e. The van der Waals surface area contributed by atoms with Crippen LogP contribution >= 0.6 is 0 Å². The summed E-state index contributed by atoms with van der Waals surface area (Å²) in [7, 11) is -0.178. The first kappa shape index (κ1) is 96.5. The Morgan fingerprint density at radius 1 is 0.500 bits per heavy atom. The van der Waals surface area contributed by atoms with E-state index in [2.05, 4.69) is 130 Å². The zero-order valence-corrected chi connectivity index (χ0v) is 74.0. The van der Waals surface area contributed by atoms with Gasteiger partial charge in [0.1, 0.15) is 44.0 Å². The molecule has 6 atom stereocenters. The predicted octanol–water partition coefficient (Wildman–Crippen LogP) is 12.7. The minimum absolute atomic E-state index is 0.0195. The quantitative estimate of drug-likeness (QED) is 0.00884. The third-order valence-corrected chi connectivity index (χ3v) is 29.9. The maximum atomic E-state index is 15.0. The zero-order chi connectivity index (χ0) is 87.6. The fraction of sp³-hybridized carbons (Fsp3) is 0.529. The van der Waals surface area contributed by atoms with Gasteiger partial charge in [0.25, 0.3) is 11.8 Å².